The average molecular weight is 576 g/mol. The maximum absolute atomic E-state index is 15.8. The van der Waals surface area contributed by atoms with Crippen LogP contribution in [0.4, 0.5) is 17.6 Å². The number of carboxylic acids is 1. The number of halogens is 4. The van der Waals surface area contributed by atoms with Gasteiger partial charge < -0.3 is 14.7 Å². The summed E-state index contributed by atoms with van der Waals surface area (Å²) < 4.78 is 63.6. The topological polar surface area (TPSA) is 92.6 Å². The van der Waals surface area contributed by atoms with Gasteiger partial charge in [0.15, 0.2) is 5.60 Å². The van der Waals surface area contributed by atoms with Crippen molar-refractivity contribution in [3.05, 3.63) is 65.4 Å². The zero-order chi connectivity index (χ0) is 30.1. The summed E-state index contributed by atoms with van der Waals surface area (Å²) in [6.45, 7) is 6.68. The SMILES string of the molecule is CC1CCC(C(=O)N(C2=C(C(=O)O)CC(C)(Oc3ncc(-c4ccccn4)cc3C(F)(F)F)C(F)=C2)C(C)C)CC1. The summed E-state index contributed by atoms with van der Waals surface area (Å²) in [5.41, 5.74) is -3.51. The summed E-state index contributed by atoms with van der Waals surface area (Å²) in [5, 5.41) is 10.1. The summed E-state index contributed by atoms with van der Waals surface area (Å²) in [5.74, 6) is -3.47. The first-order valence-corrected chi connectivity index (χ1v) is 13.6. The minimum Gasteiger partial charge on any atom is -0.478 e. The first-order chi connectivity index (χ1) is 19.2. The van der Waals surface area contributed by atoms with Gasteiger partial charge in [0.25, 0.3) is 0 Å². The molecule has 2 aromatic heterocycles. The summed E-state index contributed by atoms with van der Waals surface area (Å²) in [6, 6.07) is 5.06. The number of ether oxygens (including phenoxy) is 1. The van der Waals surface area contributed by atoms with Crippen molar-refractivity contribution >= 4 is 11.9 Å². The normalized spacial score (nSPS) is 23.3. The number of carbonyl (C=O) groups excluding carboxylic acids is 1. The van der Waals surface area contributed by atoms with E-state index in [1.807, 2.05) is 0 Å². The monoisotopic (exact) mass is 575 g/mol. The number of hydrogen-bond acceptors (Lipinski definition) is 5. The number of carbonyl (C=O) groups is 2. The second-order valence-electron chi connectivity index (χ2n) is 11.2. The predicted molar refractivity (Wildman–Crippen MR) is 143 cm³/mol. The number of aliphatic carboxylic acids is 1. The lowest BCUT2D eigenvalue weighted by Gasteiger charge is -2.39. The molecule has 0 aromatic carbocycles. The third-order valence-electron chi connectivity index (χ3n) is 7.67. The molecule has 2 aromatic rings. The molecule has 1 saturated carbocycles. The Labute approximate surface area is 235 Å². The largest absolute Gasteiger partial charge is 0.478 e. The number of aromatic nitrogens is 2. The molecule has 220 valence electrons. The van der Waals surface area contributed by atoms with Crippen molar-refractivity contribution in [1.29, 1.82) is 0 Å². The highest BCUT2D eigenvalue weighted by molar-refractivity contribution is 5.91. The molecule has 1 N–H and O–H groups in total. The molecule has 2 aliphatic rings. The van der Waals surface area contributed by atoms with Gasteiger partial charge in [-0.2, -0.15) is 13.2 Å². The zero-order valence-electron chi connectivity index (χ0n) is 23.3. The van der Waals surface area contributed by atoms with Crippen LogP contribution in [0.5, 0.6) is 5.88 Å². The van der Waals surface area contributed by atoms with Gasteiger partial charge in [0, 0.05) is 36.3 Å². The lowest BCUT2D eigenvalue weighted by atomic mass is 9.81. The highest BCUT2D eigenvalue weighted by atomic mass is 19.4. The molecule has 0 radical (unpaired) electrons. The standard InChI is InChI=1S/C30H33F4N3O4/c1-17(2)37(27(38)19-10-8-18(3)9-11-19)24-14-25(31)29(4,15-21(24)28(39)40)41-26-22(30(32,33)34)13-20(16-36-26)23-7-5-6-12-35-23/h5-7,12-14,16-19H,8-11,15H2,1-4H3,(H,39,40). The van der Waals surface area contributed by atoms with E-state index in [1.165, 1.54) is 17.2 Å². The second kappa shape index (κ2) is 11.6. The van der Waals surface area contributed by atoms with Crippen LogP contribution in [0, 0.1) is 11.8 Å². The number of rotatable bonds is 7. The second-order valence-corrected chi connectivity index (χ2v) is 11.2. The number of pyridine rings is 2. The van der Waals surface area contributed by atoms with Crippen LogP contribution in [0.1, 0.15) is 65.4 Å². The first-order valence-electron chi connectivity index (χ1n) is 13.6. The molecule has 4 rings (SSSR count). The van der Waals surface area contributed by atoms with Crippen LogP contribution >= 0.6 is 0 Å². The first kappa shape index (κ1) is 30.2. The molecule has 1 fully saturated rings. The van der Waals surface area contributed by atoms with E-state index in [0.29, 0.717) is 18.8 Å². The van der Waals surface area contributed by atoms with Crippen molar-refractivity contribution in [2.45, 2.75) is 77.6 Å². The maximum atomic E-state index is 15.8. The van der Waals surface area contributed by atoms with Crippen molar-refractivity contribution in [2.75, 3.05) is 0 Å². The molecular formula is C30H33F4N3O4. The molecule has 1 atom stereocenters. The summed E-state index contributed by atoms with van der Waals surface area (Å²) in [4.78, 5) is 35.1. The summed E-state index contributed by atoms with van der Waals surface area (Å²) in [7, 11) is 0. The van der Waals surface area contributed by atoms with Crippen LogP contribution in [0.25, 0.3) is 11.3 Å². The molecule has 2 aliphatic carbocycles. The molecule has 0 aliphatic heterocycles. The van der Waals surface area contributed by atoms with Crippen molar-refractivity contribution in [3.63, 3.8) is 0 Å². The summed E-state index contributed by atoms with van der Waals surface area (Å²) >= 11 is 0. The molecule has 1 amide bonds. The van der Waals surface area contributed by atoms with E-state index < -0.39 is 47.5 Å². The Hall–Kier alpha value is -3.76. The van der Waals surface area contributed by atoms with E-state index in [9.17, 15) is 27.9 Å². The molecule has 2 heterocycles. The molecule has 0 saturated heterocycles. The van der Waals surface area contributed by atoms with Gasteiger partial charge in [-0.05, 0) is 76.6 Å². The summed E-state index contributed by atoms with van der Waals surface area (Å²) in [6.07, 6.45) is 0.919. The number of allylic oxidation sites excluding steroid dienone is 1. The van der Waals surface area contributed by atoms with E-state index in [1.54, 1.807) is 26.0 Å². The smallest absolute Gasteiger partial charge is 0.421 e. The number of hydrogen-bond donors (Lipinski definition) is 1. The Balaban J connectivity index is 1.70. The Kier molecular flexibility index (Phi) is 8.56. The fraction of sp³-hybridized carbons (Fsp3) is 0.467. The minimum absolute atomic E-state index is 0.0756. The predicted octanol–water partition coefficient (Wildman–Crippen LogP) is 6.96. The molecule has 0 spiro atoms. The molecule has 7 nitrogen and oxygen atoms in total. The number of alkyl halides is 3. The fourth-order valence-corrected chi connectivity index (χ4v) is 5.34. The van der Waals surface area contributed by atoms with Gasteiger partial charge in [-0.15, -0.1) is 0 Å². The third-order valence-corrected chi connectivity index (χ3v) is 7.67. The highest BCUT2D eigenvalue weighted by Crippen LogP contribution is 2.43. The van der Waals surface area contributed by atoms with Gasteiger partial charge in [-0.1, -0.05) is 13.0 Å². The van der Waals surface area contributed by atoms with Crippen molar-refractivity contribution in [1.82, 2.24) is 14.9 Å². The molecule has 41 heavy (non-hydrogen) atoms. The quantitative estimate of drug-likeness (QED) is 0.359. The Bertz CT molecular complexity index is 1370. The van der Waals surface area contributed by atoms with E-state index in [-0.39, 0.29) is 34.4 Å². The zero-order valence-corrected chi connectivity index (χ0v) is 23.3. The van der Waals surface area contributed by atoms with E-state index in [2.05, 4.69) is 16.9 Å². The van der Waals surface area contributed by atoms with Crippen molar-refractivity contribution in [2.24, 2.45) is 11.8 Å². The van der Waals surface area contributed by atoms with Gasteiger partial charge in [0.2, 0.25) is 11.8 Å². The molecule has 0 bridgehead atoms. The van der Waals surface area contributed by atoms with Crippen LogP contribution in [0.2, 0.25) is 0 Å². The average Bonchev–Trinajstić information content (AvgIpc) is 2.91. The molecule has 1 unspecified atom stereocenters. The van der Waals surface area contributed by atoms with Gasteiger partial charge in [-0.3, -0.25) is 9.78 Å². The lowest BCUT2D eigenvalue weighted by molar-refractivity contribution is -0.141. The minimum atomic E-state index is -4.91. The molecule has 11 heteroatoms. The van der Waals surface area contributed by atoms with E-state index >= 15 is 4.39 Å². The van der Waals surface area contributed by atoms with Crippen LogP contribution in [-0.2, 0) is 15.8 Å². The number of nitrogens with zero attached hydrogens (tertiary/aromatic N) is 3. The third kappa shape index (κ3) is 6.44. The van der Waals surface area contributed by atoms with Crippen molar-refractivity contribution in [3.8, 4) is 17.1 Å². The van der Waals surface area contributed by atoms with Gasteiger partial charge >= 0.3 is 12.1 Å². The van der Waals surface area contributed by atoms with Crippen molar-refractivity contribution < 1.29 is 37.0 Å². The number of amides is 1. The van der Waals surface area contributed by atoms with Crippen LogP contribution in [0.3, 0.4) is 0 Å². The lowest BCUT2D eigenvalue weighted by Crippen LogP contribution is -2.45. The van der Waals surface area contributed by atoms with Crippen LogP contribution in [-0.4, -0.2) is 43.5 Å². The highest BCUT2D eigenvalue weighted by Gasteiger charge is 2.45. The Morgan fingerprint density at radius 2 is 1.83 bits per heavy atom. The van der Waals surface area contributed by atoms with Crippen LogP contribution in [0.15, 0.2) is 59.8 Å². The van der Waals surface area contributed by atoms with Gasteiger partial charge in [-0.25, -0.2) is 14.2 Å². The Morgan fingerprint density at radius 3 is 2.39 bits per heavy atom. The molecular weight excluding hydrogens is 542 g/mol. The maximum Gasteiger partial charge on any atom is 0.421 e. The fourth-order valence-electron chi connectivity index (χ4n) is 5.34. The van der Waals surface area contributed by atoms with Gasteiger partial charge in [0.1, 0.15) is 11.4 Å². The van der Waals surface area contributed by atoms with E-state index in [4.69, 9.17) is 4.74 Å². The van der Waals surface area contributed by atoms with E-state index in [0.717, 1.165) is 38.1 Å². The Morgan fingerprint density at radius 1 is 1.15 bits per heavy atom. The van der Waals surface area contributed by atoms with Gasteiger partial charge in [0.05, 0.1) is 17.0 Å². The number of carboxylic acid groups (broad SMARTS) is 1. The van der Waals surface area contributed by atoms with Crippen LogP contribution < -0.4 is 4.74 Å².